The lowest BCUT2D eigenvalue weighted by molar-refractivity contribution is -0.141. The smallest absolute Gasteiger partial charge is 0.222 e. The second-order valence-electron chi connectivity index (χ2n) is 7.32. The highest BCUT2D eigenvalue weighted by molar-refractivity contribution is 5.85. The molecule has 0 spiro atoms. The number of nitrogens with two attached hydrogens (primary N) is 1. The summed E-state index contributed by atoms with van der Waals surface area (Å²) in [7, 11) is 0. The standard InChI is InChI=1S/C20H27N5O.2ClH/c21-9-13-25-18-8-12-23(14-16(18)6-7-20(25)26)15-17-4-3-11-24(17)19-5-1-2-10-22-19;;/h1-5,10-11,16,18H,6-9,12-15,21H2;2*1H/t16-,18+;;/m0../s1. The summed E-state index contributed by atoms with van der Waals surface area (Å²) in [6.45, 7) is 4.23. The number of piperidine rings is 2. The van der Waals surface area contributed by atoms with E-state index in [9.17, 15) is 4.79 Å². The molecule has 8 heteroatoms. The summed E-state index contributed by atoms with van der Waals surface area (Å²) in [5.74, 6) is 1.81. The molecule has 28 heavy (non-hydrogen) atoms. The van der Waals surface area contributed by atoms with E-state index in [1.54, 1.807) is 0 Å². The number of halogens is 2. The van der Waals surface area contributed by atoms with Crippen molar-refractivity contribution < 1.29 is 4.79 Å². The largest absolute Gasteiger partial charge is 0.338 e. The van der Waals surface area contributed by atoms with Gasteiger partial charge in [0.1, 0.15) is 5.82 Å². The molecular weight excluding hydrogens is 397 g/mol. The zero-order chi connectivity index (χ0) is 17.9. The number of hydrogen-bond donors (Lipinski definition) is 1. The predicted octanol–water partition coefficient (Wildman–Crippen LogP) is 2.49. The van der Waals surface area contributed by atoms with E-state index in [1.165, 1.54) is 5.69 Å². The molecule has 4 heterocycles. The van der Waals surface area contributed by atoms with Crippen molar-refractivity contribution in [3.8, 4) is 5.82 Å². The second-order valence-corrected chi connectivity index (χ2v) is 7.32. The van der Waals surface area contributed by atoms with Crippen LogP contribution in [0.3, 0.4) is 0 Å². The highest BCUT2D eigenvalue weighted by Gasteiger charge is 2.38. The molecule has 4 rings (SSSR count). The predicted molar refractivity (Wildman–Crippen MR) is 115 cm³/mol. The van der Waals surface area contributed by atoms with E-state index in [0.717, 1.165) is 38.3 Å². The Labute approximate surface area is 178 Å². The Balaban J connectivity index is 0.00000140. The molecule has 154 valence electrons. The summed E-state index contributed by atoms with van der Waals surface area (Å²) in [6, 6.07) is 10.6. The van der Waals surface area contributed by atoms with E-state index in [0.29, 0.717) is 31.5 Å². The van der Waals surface area contributed by atoms with Gasteiger partial charge in [-0.3, -0.25) is 9.69 Å². The van der Waals surface area contributed by atoms with Gasteiger partial charge in [0.05, 0.1) is 0 Å². The number of amides is 1. The summed E-state index contributed by atoms with van der Waals surface area (Å²) >= 11 is 0. The molecule has 0 aromatic carbocycles. The minimum atomic E-state index is 0. The van der Waals surface area contributed by atoms with Gasteiger partial charge in [-0.2, -0.15) is 0 Å². The van der Waals surface area contributed by atoms with Gasteiger partial charge >= 0.3 is 0 Å². The first kappa shape index (κ1) is 22.7. The van der Waals surface area contributed by atoms with Crippen LogP contribution >= 0.6 is 24.8 Å². The van der Waals surface area contributed by atoms with Crippen LogP contribution in [0.4, 0.5) is 0 Å². The molecule has 2 aliphatic heterocycles. The van der Waals surface area contributed by atoms with Gasteiger partial charge in [0.2, 0.25) is 5.91 Å². The van der Waals surface area contributed by atoms with Crippen LogP contribution in [0, 0.1) is 5.92 Å². The number of fused-ring (bicyclic) bond motifs is 1. The number of pyridine rings is 1. The van der Waals surface area contributed by atoms with Crippen LogP contribution in [0.2, 0.25) is 0 Å². The van der Waals surface area contributed by atoms with E-state index >= 15 is 0 Å². The number of likely N-dealkylation sites (tertiary alicyclic amines) is 2. The van der Waals surface area contributed by atoms with Crippen molar-refractivity contribution in [3.63, 3.8) is 0 Å². The number of rotatable bonds is 5. The van der Waals surface area contributed by atoms with Crippen molar-refractivity contribution in [2.24, 2.45) is 11.7 Å². The maximum atomic E-state index is 12.2. The van der Waals surface area contributed by atoms with Crippen LogP contribution in [0.15, 0.2) is 42.7 Å². The zero-order valence-electron chi connectivity index (χ0n) is 15.9. The number of aromatic nitrogens is 2. The van der Waals surface area contributed by atoms with Crippen molar-refractivity contribution in [2.75, 3.05) is 26.2 Å². The van der Waals surface area contributed by atoms with Gasteiger partial charge in [-0.1, -0.05) is 6.07 Å². The Morgan fingerprint density at radius 3 is 2.75 bits per heavy atom. The summed E-state index contributed by atoms with van der Waals surface area (Å²) in [4.78, 5) is 21.3. The lowest BCUT2D eigenvalue weighted by Gasteiger charge is -2.47. The first-order chi connectivity index (χ1) is 12.8. The molecule has 0 radical (unpaired) electrons. The Hall–Kier alpha value is -1.60. The summed E-state index contributed by atoms with van der Waals surface area (Å²) in [5, 5.41) is 0. The summed E-state index contributed by atoms with van der Waals surface area (Å²) in [6.07, 6.45) is 6.62. The van der Waals surface area contributed by atoms with E-state index in [1.807, 2.05) is 29.3 Å². The molecular formula is C20H29Cl2N5O. The molecule has 0 unspecified atom stereocenters. The molecule has 2 N–H and O–H groups in total. The van der Waals surface area contributed by atoms with Crippen LogP contribution in [-0.4, -0.2) is 57.5 Å². The van der Waals surface area contributed by atoms with Crippen LogP contribution < -0.4 is 5.73 Å². The van der Waals surface area contributed by atoms with E-state index < -0.39 is 0 Å². The van der Waals surface area contributed by atoms with Crippen LogP contribution in [-0.2, 0) is 11.3 Å². The van der Waals surface area contributed by atoms with Gasteiger partial charge < -0.3 is 15.2 Å². The Morgan fingerprint density at radius 2 is 2.00 bits per heavy atom. The number of hydrogen-bond acceptors (Lipinski definition) is 4. The van der Waals surface area contributed by atoms with Gasteiger partial charge in [0.25, 0.3) is 0 Å². The van der Waals surface area contributed by atoms with Gasteiger partial charge in [0, 0.05) is 63.3 Å². The fourth-order valence-electron chi connectivity index (χ4n) is 4.49. The van der Waals surface area contributed by atoms with Gasteiger partial charge in [0.15, 0.2) is 0 Å². The molecule has 2 aliphatic rings. The third kappa shape index (κ3) is 4.69. The molecule has 2 atom stereocenters. The Kier molecular flexibility index (Phi) is 8.31. The average molecular weight is 426 g/mol. The van der Waals surface area contributed by atoms with Crippen LogP contribution in [0.5, 0.6) is 0 Å². The normalized spacial score (nSPS) is 22.2. The Bertz CT molecular complexity index is 754. The Morgan fingerprint density at radius 1 is 1.14 bits per heavy atom. The third-order valence-corrected chi connectivity index (χ3v) is 5.71. The highest BCUT2D eigenvalue weighted by Crippen LogP contribution is 2.31. The van der Waals surface area contributed by atoms with Crippen LogP contribution in [0.1, 0.15) is 25.0 Å². The first-order valence-corrected chi connectivity index (χ1v) is 9.56. The summed E-state index contributed by atoms with van der Waals surface area (Å²) in [5.41, 5.74) is 6.98. The fourth-order valence-corrected chi connectivity index (χ4v) is 4.49. The van der Waals surface area contributed by atoms with E-state index in [4.69, 9.17) is 5.73 Å². The molecule has 0 saturated carbocycles. The lowest BCUT2D eigenvalue weighted by atomic mass is 9.83. The molecule has 1 amide bonds. The van der Waals surface area contributed by atoms with Crippen molar-refractivity contribution in [2.45, 2.75) is 31.8 Å². The topological polar surface area (TPSA) is 67.4 Å². The van der Waals surface area contributed by atoms with Crippen molar-refractivity contribution in [3.05, 3.63) is 48.4 Å². The molecule has 6 nitrogen and oxygen atoms in total. The fraction of sp³-hybridized carbons (Fsp3) is 0.500. The number of nitrogens with zero attached hydrogens (tertiary/aromatic N) is 4. The highest BCUT2D eigenvalue weighted by atomic mass is 35.5. The number of carbonyl (C=O) groups is 1. The zero-order valence-corrected chi connectivity index (χ0v) is 17.6. The minimum absolute atomic E-state index is 0. The van der Waals surface area contributed by atoms with E-state index in [2.05, 4.69) is 32.8 Å². The summed E-state index contributed by atoms with van der Waals surface area (Å²) < 4.78 is 2.16. The molecule has 0 aliphatic carbocycles. The van der Waals surface area contributed by atoms with E-state index in [-0.39, 0.29) is 30.7 Å². The third-order valence-electron chi connectivity index (χ3n) is 5.71. The molecule has 0 bridgehead atoms. The maximum Gasteiger partial charge on any atom is 0.222 e. The van der Waals surface area contributed by atoms with Gasteiger partial charge in [-0.15, -0.1) is 24.8 Å². The van der Waals surface area contributed by atoms with Gasteiger partial charge in [-0.05, 0) is 43.0 Å². The quantitative estimate of drug-likeness (QED) is 0.798. The van der Waals surface area contributed by atoms with Crippen molar-refractivity contribution >= 4 is 30.7 Å². The molecule has 2 fully saturated rings. The molecule has 2 aromatic rings. The van der Waals surface area contributed by atoms with Crippen molar-refractivity contribution in [1.82, 2.24) is 19.4 Å². The number of carbonyl (C=O) groups excluding carboxylic acids is 1. The monoisotopic (exact) mass is 425 g/mol. The van der Waals surface area contributed by atoms with Gasteiger partial charge in [-0.25, -0.2) is 4.98 Å². The maximum absolute atomic E-state index is 12.2. The molecule has 2 saturated heterocycles. The average Bonchev–Trinajstić information content (AvgIpc) is 3.13. The lowest BCUT2D eigenvalue weighted by Crippen LogP contribution is -2.56. The molecule has 2 aromatic heterocycles. The first-order valence-electron chi connectivity index (χ1n) is 9.56. The minimum Gasteiger partial charge on any atom is -0.338 e. The van der Waals surface area contributed by atoms with Crippen LogP contribution in [0.25, 0.3) is 5.82 Å². The van der Waals surface area contributed by atoms with Crippen molar-refractivity contribution in [1.29, 1.82) is 0 Å². The second kappa shape index (κ2) is 10.3. The SMILES string of the molecule is Cl.Cl.NCCN1C(=O)CC[C@H]2CN(Cc3cccn3-c3ccccn3)CC[C@H]21.